The molecule has 0 aromatic rings. The summed E-state index contributed by atoms with van der Waals surface area (Å²) >= 11 is 0. The molecule has 126 valence electrons. The summed E-state index contributed by atoms with van der Waals surface area (Å²) in [7, 11) is 0. The molecule has 7 heteroatoms. The number of carbonyl (C=O) groups is 3. The van der Waals surface area contributed by atoms with Crippen LogP contribution in [0, 0.1) is 0 Å². The molecule has 1 heterocycles. The molecule has 0 aromatic carbocycles. The largest absolute Gasteiger partial charge is 0.464 e. The van der Waals surface area contributed by atoms with Gasteiger partial charge in [0, 0.05) is 6.54 Å². The molecule has 0 aromatic heterocycles. The predicted molar refractivity (Wildman–Crippen MR) is 78.2 cm³/mol. The summed E-state index contributed by atoms with van der Waals surface area (Å²) in [5, 5.41) is 10.2. The third kappa shape index (κ3) is 4.19. The van der Waals surface area contributed by atoms with Gasteiger partial charge in [-0.05, 0) is 47.5 Å². The van der Waals surface area contributed by atoms with Gasteiger partial charge in [0.25, 0.3) is 0 Å². The lowest BCUT2D eigenvalue weighted by molar-refractivity contribution is -0.170. The first-order valence-corrected chi connectivity index (χ1v) is 7.44. The van der Waals surface area contributed by atoms with Crippen molar-refractivity contribution in [2.24, 2.45) is 0 Å². The van der Waals surface area contributed by atoms with Crippen molar-refractivity contribution in [2.45, 2.75) is 64.7 Å². The Balaban J connectivity index is 2.88. The van der Waals surface area contributed by atoms with Gasteiger partial charge in [-0.3, -0.25) is 9.69 Å². The molecule has 1 rings (SSSR count). The fourth-order valence-electron chi connectivity index (χ4n) is 2.28. The zero-order valence-corrected chi connectivity index (χ0v) is 13.8. The number of amides is 1. The van der Waals surface area contributed by atoms with E-state index in [1.807, 2.05) is 0 Å². The molecule has 0 bridgehead atoms. The maximum absolute atomic E-state index is 12.5. The highest BCUT2D eigenvalue weighted by Gasteiger charge is 2.48. The van der Waals surface area contributed by atoms with Gasteiger partial charge in [-0.2, -0.15) is 0 Å². The van der Waals surface area contributed by atoms with Gasteiger partial charge in [0.05, 0.1) is 12.6 Å². The number of likely N-dealkylation sites (tertiary alicyclic amines) is 1. The quantitative estimate of drug-likeness (QED) is 0.620. The number of ketones is 1. The molecule has 0 aliphatic carbocycles. The lowest BCUT2D eigenvalue weighted by Crippen LogP contribution is -2.54. The van der Waals surface area contributed by atoms with E-state index in [-0.39, 0.29) is 6.61 Å². The lowest BCUT2D eigenvalue weighted by Gasteiger charge is -2.30. The van der Waals surface area contributed by atoms with E-state index in [9.17, 15) is 19.5 Å². The van der Waals surface area contributed by atoms with Gasteiger partial charge >= 0.3 is 12.1 Å². The fraction of sp³-hybridized carbons (Fsp3) is 0.800. The summed E-state index contributed by atoms with van der Waals surface area (Å²) in [6, 6.07) is -0.880. The molecule has 1 fully saturated rings. The van der Waals surface area contributed by atoms with E-state index >= 15 is 0 Å². The van der Waals surface area contributed by atoms with E-state index in [2.05, 4.69) is 0 Å². The van der Waals surface area contributed by atoms with E-state index in [1.54, 1.807) is 27.7 Å². The average molecular weight is 315 g/mol. The van der Waals surface area contributed by atoms with Crippen LogP contribution in [-0.4, -0.2) is 58.2 Å². The first kappa shape index (κ1) is 18.4. The number of ether oxygens (including phenoxy) is 2. The van der Waals surface area contributed by atoms with Crippen molar-refractivity contribution >= 4 is 17.8 Å². The van der Waals surface area contributed by atoms with Gasteiger partial charge in [0.15, 0.2) is 5.78 Å². The Kier molecular flexibility index (Phi) is 5.56. The van der Waals surface area contributed by atoms with E-state index in [0.717, 1.165) is 6.92 Å². The predicted octanol–water partition coefficient (Wildman–Crippen LogP) is 1.27. The molecule has 22 heavy (non-hydrogen) atoms. The number of hydrogen-bond acceptors (Lipinski definition) is 6. The normalized spacial score (nSPS) is 21.2. The molecule has 1 amide bonds. The van der Waals surface area contributed by atoms with Crippen LogP contribution in [0.15, 0.2) is 0 Å². The molecule has 1 N–H and O–H groups in total. The van der Waals surface area contributed by atoms with Gasteiger partial charge in [0.2, 0.25) is 5.60 Å². The van der Waals surface area contributed by atoms with Crippen molar-refractivity contribution in [1.29, 1.82) is 0 Å². The molecule has 1 aliphatic rings. The smallest absolute Gasteiger partial charge is 0.410 e. The summed E-state index contributed by atoms with van der Waals surface area (Å²) in [6.07, 6.45) is 0.366. The van der Waals surface area contributed by atoms with Crippen LogP contribution in [-0.2, 0) is 19.1 Å². The number of esters is 1. The Bertz CT molecular complexity index is 451. The molecule has 1 aliphatic heterocycles. The highest BCUT2D eigenvalue weighted by atomic mass is 16.6. The van der Waals surface area contributed by atoms with Crippen molar-refractivity contribution in [2.75, 3.05) is 13.2 Å². The van der Waals surface area contributed by atoms with Crippen LogP contribution in [0.3, 0.4) is 0 Å². The SMILES string of the molecule is CCOC(=O)[C@](C)(O)C(=O)[C@@H]1CCCN1C(=O)OC(C)(C)C. The van der Waals surface area contributed by atoms with E-state index < -0.39 is 35.1 Å². The lowest BCUT2D eigenvalue weighted by atomic mass is 9.93. The van der Waals surface area contributed by atoms with E-state index in [1.165, 1.54) is 4.90 Å². The zero-order chi connectivity index (χ0) is 17.1. The maximum Gasteiger partial charge on any atom is 0.410 e. The summed E-state index contributed by atoms with van der Waals surface area (Å²) in [5.41, 5.74) is -2.96. The van der Waals surface area contributed by atoms with Crippen molar-refractivity contribution in [3.8, 4) is 0 Å². The number of rotatable bonds is 4. The molecule has 7 nitrogen and oxygen atoms in total. The van der Waals surface area contributed by atoms with E-state index in [0.29, 0.717) is 19.4 Å². The van der Waals surface area contributed by atoms with E-state index in [4.69, 9.17) is 9.47 Å². The van der Waals surface area contributed by atoms with Crippen molar-refractivity contribution in [3.63, 3.8) is 0 Å². The van der Waals surface area contributed by atoms with Crippen LogP contribution in [0.5, 0.6) is 0 Å². The first-order chi connectivity index (χ1) is 10.0. The molecule has 0 unspecified atom stereocenters. The Morgan fingerprint density at radius 1 is 1.23 bits per heavy atom. The highest BCUT2D eigenvalue weighted by molar-refractivity contribution is 6.09. The minimum atomic E-state index is -2.27. The molecule has 1 saturated heterocycles. The summed E-state index contributed by atoms with van der Waals surface area (Å²) in [4.78, 5) is 37.6. The van der Waals surface area contributed by atoms with Crippen LogP contribution >= 0.6 is 0 Å². The number of aliphatic hydroxyl groups is 1. The molecular weight excluding hydrogens is 290 g/mol. The second kappa shape index (κ2) is 6.64. The first-order valence-electron chi connectivity index (χ1n) is 7.44. The zero-order valence-electron chi connectivity index (χ0n) is 13.8. The number of Topliss-reactive ketones (excluding diaryl/α,β-unsaturated/α-hetero) is 1. The van der Waals surface area contributed by atoms with Crippen LogP contribution in [0.4, 0.5) is 4.79 Å². The van der Waals surface area contributed by atoms with Crippen LogP contribution in [0.1, 0.15) is 47.5 Å². The number of nitrogens with zero attached hydrogens (tertiary/aromatic N) is 1. The third-order valence-electron chi connectivity index (χ3n) is 3.34. The maximum atomic E-state index is 12.5. The minimum Gasteiger partial charge on any atom is -0.464 e. The van der Waals surface area contributed by atoms with Gasteiger partial charge in [-0.15, -0.1) is 0 Å². The average Bonchev–Trinajstić information content (AvgIpc) is 2.85. The molecule has 2 atom stereocenters. The standard InChI is InChI=1S/C15H25NO6/c1-6-21-12(18)15(5,20)11(17)10-8-7-9-16(10)13(19)22-14(2,3)4/h10,20H,6-9H2,1-5H3/t10-,15+/m0/s1. The summed E-state index contributed by atoms with van der Waals surface area (Å²) in [5.74, 6) is -1.75. The van der Waals surface area contributed by atoms with Crippen LogP contribution < -0.4 is 0 Å². The highest BCUT2D eigenvalue weighted by Crippen LogP contribution is 2.25. The van der Waals surface area contributed by atoms with Gasteiger partial charge in [-0.1, -0.05) is 0 Å². The summed E-state index contributed by atoms with van der Waals surface area (Å²) in [6.45, 7) is 8.28. The topological polar surface area (TPSA) is 93.1 Å². The van der Waals surface area contributed by atoms with Crippen molar-refractivity contribution < 1.29 is 29.0 Å². The Morgan fingerprint density at radius 2 is 1.82 bits per heavy atom. The molecule has 0 radical (unpaired) electrons. The Morgan fingerprint density at radius 3 is 2.32 bits per heavy atom. The molecular formula is C15H25NO6. The number of carbonyl (C=O) groups excluding carboxylic acids is 3. The molecule has 0 saturated carbocycles. The Hall–Kier alpha value is -1.63. The third-order valence-corrected chi connectivity index (χ3v) is 3.34. The minimum absolute atomic E-state index is 0.0582. The van der Waals surface area contributed by atoms with Crippen LogP contribution in [0.2, 0.25) is 0 Å². The molecule has 0 spiro atoms. The summed E-state index contributed by atoms with van der Waals surface area (Å²) < 4.78 is 9.98. The van der Waals surface area contributed by atoms with Gasteiger partial charge in [0.1, 0.15) is 5.60 Å². The number of hydrogen-bond donors (Lipinski definition) is 1. The van der Waals surface area contributed by atoms with Crippen molar-refractivity contribution in [1.82, 2.24) is 4.90 Å². The Labute approximate surface area is 130 Å². The van der Waals surface area contributed by atoms with Crippen molar-refractivity contribution in [3.05, 3.63) is 0 Å². The van der Waals surface area contributed by atoms with Gasteiger partial charge in [-0.25, -0.2) is 9.59 Å². The van der Waals surface area contributed by atoms with Gasteiger partial charge < -0.3 is 14.6 Å². The second-order valence-electron chi connectivity index (χ2n) is 6.49. The van der Waals surface area contributed by atoms with Crippen LogP contribution in [0.25, 0.3) is 0 Å². The fourth-order valence-corrected chi connectivity index (χ4v) is 2.28. The monoisotopic (exact) mass is 315 g/mol. The second-order valence-corrected chi connectivity index (χ2v) is 6.49.